The Morgan fingerprint density at radius 1 is 0.933 bits per heavy atom. The summed E-state index contributed by atoms with van der Waals surface area (Å²) >= 11 is 12.8. The van der Waals surface area contributed by atoms with Gasteiger partial charge in [0.15, 0.2) is 0 Å². The van der Waals surface area contributed by atoms with E-state index < -0.39 is 0 Å². The van der Waals surface area contributed by atoms with Gasteiger partial charge in [-0.05, 0) is 60.6 Å². The average molecular weight is 445 g/mol. The van der Waals surface area contributed by atoms with Gasteiger partial charge in [-0.15, -0.1) is 0 Å². The van der Waals surface area contributed by atoms with Crippen LogP contribution < -0.4 is 10.2 Å². The van der Waals surface area contributed by atoms with Crippen LogP contribution in [0.4, 0.5) is 21.5 Å². The van der Waals surface area contributed by atoms with Crippen molar-refractivity contribution in [1.29, 1.82) is 0 Å². The lowest BCUT2D eigenvalue weighted by Gasteiger charge is -2.34. The smallest absolute Gasteiger partial charge is 0.123 e. The van der Waals surface area contributed by atoms with Crippen LogP contribution in [0.15, 0.2) is 54.9 Å². The average Bonchev–Trinajstić information content (AvgIpc) is 2.72. The number of anilines is 3. The molecule has 2 aromatic carbocycles. The van der Waals surface area contributed by atoms with Gasteiger partial charge in [-0.3, -0.25) is 4.98 Å². The van der Waals surface area contributed by atoms with E-state index in [9.17, 15) is 4.39 Å². The summed E-state index contributed by atoms with van der Waals surface area (Å²) in [7, 11) is 2.14. The number of benzene rings is 2. The van der Waals surface area contributed by atoms with Crippen molar-refractivity contribution in [2.75, 3.05) is 43.4 Å². The molecule has 7 heteroatoms. The first-order chi connectivity index (χ1) is 14.5. The van der Waals surface area contributed by atoms with E-state index in [0.717, 1.165) is 59.4 Å². The van der Waals surface area contributed by atoms with E-state index in [0.29, 0.717) is 11.4 Å². The summed E-state index contributed by atoms with van der Waals surface area (Å²) in [5.74, 6) is -0.299. The molecule has 0 aliphatic carbocycles. The predicted molar refractivity (Wildman–Crippen MR) is 123 cm³/mol. The molecular weight excluding hydrogens is 422 g/mol. The van der Waals surface area contributed by atoms with Crippen molar-refractivity contribution in [3.8, 4) is 0 Å². The number of pyridine rings is 1. The fraction of sp³-hybridized carbons (Fsp3) is 0.261. The van der Waals surface area contributed by atoms with Gasteiger partial charge in [0.25, 0.3) is 0 Å². The molecule has 2 heterocycles. The Kier molecular flexibility index (Phi) is 6.42. The number of halogens is 3. The third-order valence-corrected chi connectivity index (χ3v) is 5.95. The summed E-state index contributed by atoms with van der Waals surface area (Å²) in [5, 5.41) is 4.62. The molecule has 3 aromatic rings. The van der Waals surface area contributed by atoms with Crippen LogP contribution in [0.5, 0.6) is 0 Å². The second-order valence-corrected chi connectivity index (χ2v) is 8.39. The number of nitrogens with one attached hydrogen (secondary N) is 1. The highest BCUT2D eigenvalue weighted by atomic mass is 35.5. The van der Waals surface area contributed by atoms with Crippen molar-refractivity contribution in [1.82, 2.24) is 9.88 Å². The van der Waals surface area contributed by atoms with Gasteiger partial charge in [-0.2, -0.15) is 0 Å². The van der Waals surface area contributed by atoms with Crippen LogP contribution >= 0.6 is 23.2 Å². The normalized spacial score (nSPS) is 14.7. The summed E-state index contributed by atoms with van der Waals surface area (Å²) in [4.78, 5) is 8.94. The van der Waals surface area contributed by atoms with Crippen molar-refractivity contribution in [3.63, 3.8) is 0 Å². The third-order valence-electron chi connectivity index (χ3n) is 5.28. The van der Waals surface area contributed by atoms with Gasteiger partial charge in [-0.25, -0.2) is 4.39 Å². The minimum atomic E-state index is -0.299. The van der Waals surface area contributed by atoms with Crippen molar-refractivity contribution < 1.29 is 4.39 Å². The molecule has 4 nitrogen and oxygen atoms in total. The maximum Gasteiger partial charge on any atom is 0.123 e. The zero-order chi connectivity index (χ0) is 21.1. The number of aromatic nitrogens is 1. The molecule has 1 aliphatic heterocycles. The van der Waals surface area contributed by atoms with E-state index in [4.69, 9.17) is 23.2 Å². The Bertz CT molecular complexity index is 1040. The Labute approximate surface area is 186 Å². The zero-order valence-corrected chi connectivity index (χ0v) is 18.2. The molecule has 1 N–H and O–H groups in total. The van der Waals surface area contributed by atoms with Crippen LogP contribution in [0.25, 0.3) is 0 Å². The van der Waals surface area contributed by atoms with Gasteiger partial charge in [0.1, 0.15) is 5.82 Å². The first kappa shape index (κ1) is 20.9. The van der Waals surface area contributed by atoms with Crippen LogP contribution in [0, 0.1) is 5.82 Å². The van der Waals surface area contributed by atoms with Gasteiger partial charge in [-0.1, -0.05) is 23.2 Å². The second kappa shape index (κ2) is 9.21. The molecule has 0 radical (unpaired) electrons. The molecular formula is C23H23Cl2FN4. The summed E-state index contributed by atoms with van der Waals surface area (Å²) in [6.07, 6.45) is 4.01. The molecule has 4 rings (SSSR count). The van der Waals surface area contributed by atoms with Crippen LogP contribution in [-0.2, 0) is 6.42 Å². The first-order valence-electron chi connectivity index (χ1n) is 9.86. The second-order valence-electron chi connectivity index (χ2n) is 7.58. The van der Waals surface area contributed by atoms with Gasteiger partial charge >= 0.3 is 0 Å². The molecule has 1 fully saturated rings. The standard InChI is InChI=1S/C23H23Cl2FN4/c1-29-6-8-30(9-7-29)23-5-3-19(13-22(23)25)28-20-11-16(14-27-15-20)10-17-12-18(26)2-4-21(17)24/h2-5,11-15,28H,6-10H2,1H3. The fourth-order valence-electron chi connectivity index (χ4n) is 3.61. The molecule has 0 atom stereocenters. The van der Waals surface area contributed by atoms with E-state index in [1.807, 2.05) is 18.2 Å². The van der Waals surface area contributed by atoms with Crippen LogP contribution in [0.2, 0.25) is 10.0 Å². The quantitative estimate of drug-likeness (QED) is 0.553. The highest BCUT2D eigenvalue weighted by Gasteiger charge is 2.16. The van der Waals surface area contributed by atoms with Crippen LogP contribution in [0.1, 0.15) is 11.1 Å². The maximum absolute atomic E-state index is 13.5. The number of piperazine rings is 1. The van der Waals surface area contributed by atoms with Crippen molar-refractivity contribution in [2.24, 2.45) is 0 Å². The van der Waals surface area contributed by atoms with Crippen molar-refractivity contribution >= 4 is 40.3 Å². The number of likely N-dealkylation sites (N-methyl/N-ethyl adjacent to an activating group) is 1. The summed E-state index contributed by atoms with van der Waals surface area (Å²) < 4.78 is 13.5. The van der Waals surface area contributed by atoms with E-state index in [1.54, 1.807) is 18.5 Å². The molecule has 0 unspecified atom stereocenters. The molecule has 0 spiro atoms. The molecule has 0 amide bonds. The lowest BCUT2D eigenvalue weighted by atomic mass is 10.1. The molecule has 0 saturated carbocycles. The SMILES string of the molecule is CN1CCN(c2ccc(Nc3cncc(Cc4cc(F)ccc4Cl)c3)cc2Cl)CC1. The summed E-state index contributed by atoms with van der Waals surface area (Å²) in [5.41, 5.74) is 4.45. The van der Waals surface area contributed by atoms with Gasteiger partial charge < -0.3 is 15.1 Å². The Balaban J connectivity index is 1.47. The molecule has 1 aliphatic rings. The van der Waals surface area contributed by atoms with Crippen LogP contribution in [-0.4, -0.2) is 43.1 Å². The predicted octanol–water partition coefficient (Wildman–Crippen LogP) is 5.61. The summed E-state index contributed by atoms with van der Waals surface area (Å²) in [6.45, 7) is 4.00. The molecule has 1 saturated heterocycles. The largest absolute Gasteiger partial charge is 0.368 e. The van der Waals surface area contributed by atoms with E-state index in [1.165, 1.54) is 12.1 Å². The van der Waals surface area contributed by atoms with E-state index in [2.05, 4.69) is 33.2 Å². The van der Waals surface area contributed by atoms with Crippen LogP contribution in [0.3, 0.4) is 0 Å². The molecule has 30 heavy (non-hydrogen) atoms. The third kappa shape index (κ3) is 5.04. The number of hydrogen-bond acceptors (Lipinski definition) is 4. The molecule has 0 bridgehead atoms. The molecule has 1 aromatic heterocycles. The first-order valence-corrected chi connectivity index (χ1v) is 10.6. The summed E-state index contributed by atoms with van der Waals surface area (Å²) in [6, 6.07) is 12.4. The zero-order valence-electron chi connectivity index (χ0n) is 16.7. The fourth-order valence-corrected chi connectivity index (χ4v) is 4.09. The van der Waals surface area contributed by atoms with E-state index >= 15 is 0 Å². The lowest BCUT2D eigenvalue weighted by molar-refractivity contribution is 0.313. The lowest BCUT2D eigenvalue weighted by Crippen LogP contribution is -2.44. The Morgan fingerprint density at radius 3 is 2.50 bits per heavy atom. The van der Waals surface area contributed by atoms with Crippen molar-refractivity contribution in [2.45, 2.75) is 6.42 Å². The topological polar surface area (TPSA) is 31.4 Å². The van der Waals surface area contributed by atoms with Crippen molar-refractivity contribution in [3.05, 3.63) is 81.8 Å². The highest BCUT2D eigenvalue weighted by Crippen LogP contribution is 2.31. The van der Waals surface area contributed by atoms with Gasteiger partial charge in [0.2, 0.25) is 0 Å². The van der Waals surface area contributed by atoms with E-state index in [-0.39, 0.29) is 5.82 Å². The Hall–Kier alpha value is -2.34. The van der Waals surface area contributed by atoms with Gasteiger partial charge in [0, 0.05) is 49.5 Å². The molecule has 156 valence electrons. The Morgan fingerprint density at radius 2 is 1.73 bits per heavy atom. The number of rotatable bonds is 5. The maximum atomic E-state index is 13.5. The minimum Gasteiger partial charge on any atom is -0.368 e. The minimum absolute atomic E-state index is 0.299. The number of nitrogens with zero attached hydrogens (tertiary/aromatic N) is 3. The monoisotopic (exact) mass is 444 g/mol. The highest BCUT2D eigenvalue weighted by molar-refractivity contribution is 6.33. The van der Waals surface area contributed by atoms with Gasteiger partial charge in [0.05, 0.1) is 22.6 Å². The number of hydrogen-bond donors (Lipinski definition) is 1.